The Hall–Kier alpha value is -3.17. The monoisotopic (exact) mass is 360 g/mol. The zero-order chi connectivity index (χ0) is 18.1. The standard InChI is InChI=1S/C20H16N4OS/c1-25-15-9-7-14(8-10-15)18-16(11-21)19(22)23-20-24(18)17(12-26-20)13-5-3-2-4-6-13/h2-10,12,18H,22H2,1H3. The van der Waals surface area contributed by atoms with Crippen LogP contribution in [0.5, 0.6) is 5.75 Å². The molecule has 0 spiro atoms. The van der Waals surface area contributed by atoms with Crippen LogP contribution in [0.15, 0.2) is 76.4 Å². The number of thioether (sulfide) groups is 1. The van der Waals surface area contributed by atoms with Crippen molar-refractivity contribution in [1.29, 1.82) is 5.26 Å². The number of fused-ring (bicyclic) bond motifs is 1. The molecule has 6 heteroatoms. The fourth-order valence-electron chi connectivity index (χ4n) is 3.12. The molecule has 0 saturated carbocycles. The molecule has 2 aromatic rings. The molecule has 2 aromatic carbocycles. The van der Waals surface area contributed by atoms with E-state index in [0.29, 0.717) is 5.57 Å². The van der Waals surface area contributed by atoms with Gasteiger partial charge in [-0.1, -0.05) is 54.2 Å². The number of amidine groups is 1. The molecular weight excluding hydrogens is 344 g/mol. The molecule has 1 unspecified atom stereocenters. The zero-order valence-corrected chi connectivity index (χ0v) is 14.9. The Balaban J connectivity index is 1.83. The van der Waals surface area contributed by atoms with Crippen molar-refractivity contribution in [3.8, 4) is 11.8 Å². The molecular formula is C20H16N4OS. The normalized spacial score (nSPS) is 18.8. The van der Waals surface area contributed by atoms with Gasteiger partial charge in [-0.05, 0) is 23.3 Å². The molecule has 0 saturated heterocycles. The molecule has 0 amide bonds. The van der Waals surface area contributed by atoms with E-state index in [0.717, 1.165) is 27.7 Å². The van der Waals surface area contributed by atoms with Crippen molar-refractivity contribution in [2.24, 2.45) is 10.7 Å². The predicted molar refractivity (Wildman–Crippen MR) is 104 cm³/mol. The molecule has 128 valence electrons. The quantitative estimate of drug-likeness (QED) is 0.900. The number of hydrogen-bond acceptors (Lipinski definition) is 6. The highest BCUT2D eigenvalue weighted by molar-refractivity contribution is 8.16. The van der Waals surface area contributed by atoms with Crippen LogP contribution < -0.4 is 10.5 Å². The van der Waals surface area contributed by atoms with Gasteiger partial charge in [-0.2, -0.15) is 5.26 Å². The Morgan fingerprint density at radius 3 is 2.54 bits per heavy atom. The first kappa shape index (κ1) is 16.3. The maximum Gasteiger partial charge on any atom is 0.175 e. The van der Waals surface area contributed by atoms with Gasteiger partial charge in [-0.15, -0.1) is 0 Å². The summed E-state index contributed by atoms with van der Waals surface area (Å²) in [6.45, 7) is 0. The van der Waals surface area contributed by atoms with Gasteiger partial charge in [-0.25, -0.2) is 4.99 Å². The lowest BCUT2D eigenvalue weighted by Gasteiger charge is -2.34. The number of rotatable bonds is 3. The third kappa shape index (κ3) is 2.63. The fourth-order valence-corrected chi connectivity index (χ4v) is 4.06. The van der Waals surface area contributed by atoms with E-state index in [1.165, 1.54) is 11.8 Å². The van der Waals surface area contributed by atoms with Crippen LogP contribution >= 0.6 is 11.8 Å². The summed E-state index contributed by atoms with van der Waals surface area (Å²) in [6, 6.07) is 19.7. The summed E-state index contributed by atoms with van der Waals surface area (Å²) in [4.78, 5) is 6.53. The number of benzene rings is 2. The molecule has 2 aliphatic heterocycles. The number of methoxy groups -OCH3 is 1. The van der Waals surface area contributed by atoms with Gasteiger partial charge in [0.15, 0.2) is 5.17 Å². The van der Waals surface area contributed by atoms with Gasteiger partial charge in [-0.3, -0.25) is 0 Å². The molecule has 26 heavy (non-hydrogen) atoms. The Morgan fingerprint density at radius 2 is 1.88 bits per heavy atom. The zero-order valence-electron chi connectivity index (χ0n) is 14.1. The topological polar surface area (TPSA) is 74.6 Å². The molecule has 0 fully saturated rings. The third-order valence-corrected chi connectivity index (χ3v) is 5.23. The molecule has 0 aromatic heterocycles. The largest absolute Gasteiger partial charge is 0.497 e. The molecule has 2 N–H and O–H groups in total. The third-order valence-electron chi connectivity index (χ3n) is 4.39. The second kappa shape index (κ2) is 6.62. The summed E-state index contributed by atoms with van der Waals surface area (Å²) in [5.41, 5.74) is 9.58. The van der Waals surface area contributed by atoms with Gasteiger partial charge in [0.25, 0.3) is 0 Å². The van der Waals surface area contributed by atoms with Crippen molar-refractivity contribution in [3.05, 3.63) is 82.5 Å². The molecule has 5 nitrogen and oxygen atoms in total. The Bertz CT molecular complexity index is 971. The van der Waals surface area contributed by atoms with Crippen LogP contribution in [0, 0.1) is 11.3 Å². The second-order valence-electron chi connectivity index (χ2n) is 5.84. The van der Waals surface area contributed by atoms with Crippen LogP contribution in [0.4, 0.5) is 0 Å². The van der Waals surface area contributed by atoms with Gasteiger partial charge in [0.05, 0.1) is 18.4 Å². The van der Waals surface area contributed by atoms with Crippen molar-refractivity contribution >= 4 is 22.6 Å². The van der Waals surface area contributed by atoms with E-state index >= 15 is 0 Å². The molecule has 0 bridgehead atoms. The van der Waals surface area contributed by atoms with E-state index in [4.69, 9.17) is 10.5 Å². The van der Waals surface area contributed by atoms with Crippen molar-refractivity contribution in [2.45, 2.75) is 6.04 Å². The van der Waals surface area contributed by atoms with E-state index in [1.807, 2.05) is 54.6 Å². The lowest BCUT2D eigenvalue weighted by Crippen LogP contribution is -2.34. The molecule has 1 atom stereocenters. The summed E-state index contributed by atoms with van der Waals surface area (Å²) >= 11 is 1.52. The Labute approximate surface area is 156 Å². The number of nitrogens with zero attached hydrogens (tertiary/aromatic N) is 3. The average Bonchev–Trinajstić information content (AvgIpc) is 3.11. The first-order chi connectivity index (χ1) is 12.7. The van der Waals surface area contributed by atoms with Gasteiger partial charge in [0, 0.05) is 5.41 Å². The molecule has 2 heterocycles. The molecule has 0 aliphatic carbocycles. The number of nitrogens with two attached hydrogens (primary N) is 1. The first-order valence-electron chi connectivity index (χ1n) is 8.07. The van der Waals surface area contributed by atoms with Crippen molar-refractivity contribution in [3.63, 3.8) is 0 Å². The van der Waals surface area contributed by atoms with Crippen LogP contribution in [0.25, 0.3) is 5.70 Å². The van der Waals surface area contributed by atoms with Crippen LogP contribution in [-0.2, 0) is 0 Å². The van der Waals surface area contributed by atoms with Crippen LogP contribution in [0.1, 0.15) is 17.2 Å². The number of aliphatic imine (C=N–C) groups is 1. The van der Waals surface area contributed by atoms with Crippen LogP contribution in [-0.4, -0.2) is 17.2 Å². The summed E-state index contributed by atoms with van der Waals surface area (Å²) in [5, 5.41) is 12.6. The van der Waals surface area contributed by atoms with Crippen molar-refractivity contribution < 1.29 is 4.74 Å². The van der Waals surface area contributed by atoms with E-state index in [1.54, 1.807) is 7.11 Å². The maximum atomic E-state index is 9.74. The van der Waals surface area contributed by atoms with Crippen molar-refractivity contribution in [2.75, 3.05) is 7.11 Å². The number of hydrogen-bond donors (Lipinski definition) is 1. The van der Waals surface area contributed by atoms with Gasteiger partial charge in [0.1, 0.15) is 23.7 Å². The minimum Gasteiger partial charge on any atom is -0.497 e. The molecule has 2 aliphatic rings. The first-order valence-corrected chi connectivity index (χ1v) is 8.94. The van der Waals surface area contributed by atoms with Crippen LogP contribution in [0.3, 0.4) is 0 Å². The second-order valence-corrected chi connectivity index (χ2v) is 6.67. The van der Waals surface area contributed by atoms with Crippen molar-refractivity contribution in [1.82, 2.24) is 4.90 Å². The lowest BCUT2D eigenvalue weighted by atomic mass is 9.95. The van der Waals surface area contributed by atoms with Crippen LogP contribution in [0.2, 0.25) is 0 Å². The number of nitriles is 1. The minimum atomic E-state index is -0.320. The predicted octanol–water partition coefficient (Wildman–Crippen LogP) is 3.85. The maximum absolute atomic E-state index is 9.74. The van der Waals surface area contributed by atoms with E-state index in [9.17, 15) is 5.26 Å². The van der Waals surface area contributed by atoms with E-state index < -0.39 is 0 Å². The highest BCUT2D eigenvalue weighted by Gasteiger charge is 2.38. The SMILES string of the molecule is COc1ccc(C2C(C#N)=C(N)N=C3SC=C(c4ccccc4)N32)cc1. The van der Waals surface area contributed by atoms with Gasteiger partial charge >= 0.3 is 0 Å². The summed E-state index contributed by atoms with van der Waals surface area (Å²) < 4.78 is 5.25. The number of ether oxygens (including phenoxy) is 1. The highest BCUT2D eigenvalue weighted by Crippen LogP contribution is 2.45. The summed E-state index contributed by atoms with van der Waals surface area (Å²) in [6.07, 6.45) is 0. The summed E-state index contributed by atoms with van der Waals surface area (Å²) in [5.74, 6) is 1.04. The van der Waals surface area contributed by atoms with Gasteiger partial charge < -0.3 is 15.4 Å². The molecule has 4 rings (SSSR count). The van der Waals surface area contributed by atoms with E-state index in [-0.39, 0.29) is 11.9 Å². The summed E-state index contributed by atoms with van der Waals surface area (Å²) in [7, 11) is 1.63. The average molecular weight is 360 g/mol. The highest BCUT2D eigenvalue weighted by atomic mass is 32.2. The Morgan fingerprint density at radius 1 is 1.15 bits per heavy atom. The Kier molecular flexibility index (Phi) is 4.15. The fraction of sp³-hybridized carbons (Fsp3) is 0.100. The van der Waals surface area contributed by atoms with E-state index in [2.05, 4.69) is 21.4 Å². The minimum absolute atomic E-state index is 0.273. The smallest absolute Gasteiger partial charge is 0.175 e. The molecule has 0 radical (unpaired) electrons. The lowest BCUT2D eigenvalue weighted by molar-refractivity contribution is 0.414. The van der Waals surface area contributed by atoms with Gasteiger partial charge in [0.2, 0.25) is 0 Å².